The number of hydrogen-bond acceptors (Lipinski definition) is 4. The fourth-order valence-corrected chi connectivity index (χ4v) is 3.06. The molecule has 0 aromatic carbocycles. The van der Waals surface area contributed by atoms with Gasteiger partial charge in [0.1, 0.15) is 5.54 Å². The Kier molecular flexibility index (Phi) is 3.57. The van der Waals surface area contributed by atoms with Crippen molar-refractivity contribution in [3.63, 3.8) is 0 Å². The predicted molar refractivity (Wildman–Crippen MR) is 70.5 cm³/mol. The molecule has 0 aromatic rings. The molecule has 2 saturated heterocycles. The molecule has 2 aliphatic rings. The number of rotatable bonds is 3. The highest BCUT2D eigenvalue weighted by molar-refractivity contribution is 6.06. The molecule has 3 amide bonds. The highest BCUT2D eigenvalue weighted by Crippen LogP contribution is 2.30. The highest BCUT2D eigenvalue weighted by Gasteiger charge is 2.48. The molecular weight excluding hydrogens is 246 g/mol. The number of nitrogens with one attached hydrogen (secondary N) is 2. The molecule has 6 nitrogen and oxygen atoms in total. The summed E-state index contributed by atoms with van der Waals surface area (Å²) in [6.07, 6.45) is 1.70. The van der Waals surface area contributed by atoms with E-state index in [0.717, 1.165) is 25.9 Å². The molecule has 0 aliphatic carbocycles. The van der Waals surface area contributed by atoms with Crippen molar-refractivity contribution in [1.82, 2.24) is 15.5 Å². The molecule has 1 atom stereocenters. The number of amides is 3. The van der Waals surface area contributed by atoms with Crippen LogP contribution in [0, 0.1) is 5.92 Å². The monoisotopic (exact) mass is 269 g/mol. The molecule has 0 saturated carbocycles. The average Bonchev–Trinajstić information content (AvgIpc) is 2.52. The molecule has 0 spiro atoms. The Morgan fingerprint density at radius 2 is 1.95 bits per heavy atom. The standard InChI is InChI=1S/C13H23N3O3/c1-12(2,19)8-16-6-4-9(5-7-16)13(3)10(17)14-11(18)15-13/h9,19H,4-8H2,1-3H3,(H2,14,15,17,18). The Morgan fingerprint density at radius 1 is 1.37 bits per heavy atom. The van der Waals surface area contributed by atoms with E-state index in [0.29, 0.717) is 6.54 Å². The van der Waals surface area contributed by atoms with Crippen LogP contribution in [0.5, 0.6) is 0 Å². The first-order chi connectivity index (χ1) is 8.71. The van der Waals surface area contributed by atoms with Crippen molar-refractivity contribution in [2.24, 2.45) is 5.92 Å². The minimum atomic E-state index is -0.780. The summed E-state index contributed by atoms with van der Waals surface area (Å²) in [7, 11) is 0. The normalized spacial score (nSPS) is 30.3. The zero-order chi connectivity index (χ0) is 14.3. The number of urea groups is 1. The summed E-state index contributed by atoms with van der Waals surface area (Å²) in [6.45, 7) is 7.70. The van der Waals surface area contributed by atoms with E-state index in [-0.39, 0.29) is 11.8 Å². The van der Waals surface area contributed by atoms with E-state index in [1.165, 1.54) is 0 Å². The van der Waals surface area contributed by atoms with E-state index >= 15 is 0 Å². The van der Waals surface area contributed by atoms with Gasteiger partial charge in [0.25, 0.3) is 5.91 Å². The molecule has 2 heterocycles. The molecular formula is C13H23N3O3. The number of aliphatic hydroxyl groups is 1. The molecule has 3 N–H and O–H groups in total. The van der Waals surface area contributed by atoms with Crippen molar-refractivity contribution in [3.8, 4) is 0 Å². The highest BCUT2D eigenvalue weighted by atomic mass is 16.3. The van der Waals surface area contributed by atoms with Gasteiger partial charge in [0.05, 0.1) is 5.60 Å². The number of carbonyl (C=O) groups is 2. The Balaban J connectivity index is 1.93. The molecule has 1 unspecified atom stereocenters. The van der Waals surface area contributed by atoms with Crippen LogP contribution in [0.2, 0.25) is 0 Å². The number of hydrogen-bond donors (Lipinski definition) is 3. The maximum atomic E-state index is 11.9. The molecule has 108 valence electrons. The summed E-state index contributed by atoms with van der Waals surface area (Å²) in [5.41, 5.74) is -1.48. The SMILES string of the molecule is CC(C)(O)CN1CCC(C2(C)NC(=O)NC2=O)CC1. The summed E-state index contributed by atoms with van der Waals surface area (Å²) in [5.74, 6) is -0.0737. The predicted octanol–water partition coefficient (Wildman–Crippen LogP) is 0.0674. The molecule has 19 heavy (non-hydrogen) atoms. The number of nitrogens with zero attached hydrogens (tertiary/aromatic N) is 1. The number of likely N-dealkylation sites (tertiary alicyclic amines) is 1. The minimum Gasteiger partial charge on any atom is -0.389 e. The third kappa shape index (κ3) is 3.06. The van der Waals surface area contributed by atoms with E-state index in [4.69, 9.17) is 0 Å². The second kappa shape index (κ2) is 4.76. The lowest BCUT2D eigenvalue weighted by atomic mass is 9.79. The van der Waals surface area contributed by atoms with Crippen molar-refractivity contribution in [3.05, 3.63) is 0 Å². The van der Waals surface area contributed by atoms with Crippen molar-refractivity contribution in [1.29, 1.82) is 0 Å². The van der Waals surface area contributed by atoms with Crippen LogP contribution in [0.4, 0.5) is 4.79 Å². The van der Waals surface area contributed by atoms with E-state index in [9.17, 15) is 14.7 Å². The van der Waals surface area contributed by atoms with Gasteiger partial charge < -0.3 is 15.3 Å². The minimum absolute atomic E-state index is 0.150. The molecule has 0 radical (unpaired) electrons. The van der Waals surface area contributed by atoms with Gasteiger partial charge in [0.15, 0.2) is 0 Å². The van der Waals surface area contributed by atoms with Crippen molar-refractivity contribution in [2.45, 2.75) is 44.8 Å². The van der Waals surface area contributed by atoms with E-state index < -0.39 is 17.2 Å². The van der Waals surface area contributed by atoms with Gasteiger partial charge in [-0.05, 0) is 52.6 Å². The van der Waals surface area contributed by atoms with Crippen LogP contribution in [0.15, 0.2) is 0 Å². The summed E-state index contributed by atoms with van der Waals surface area (Å²) in [4.78, 5) is 25.3. The van der Waals surface area contributed by atoms with Crippen LogP contribution in [-0.2, 0) is 4.79 Å². The van der Waals surface area contributed by atoms with Crippen molar-refractivity contribution in [2.75, 3.05) is 19.6 Å². The molecule has 2 fully saturated rings. The average molecular weight is 269 g/mol. The fraction of sp³-hybridized carbons (Fsp3) is 0.846. The zero-order valence-electron chi connectivity index (χ0n) is 11.8. The summed E-state index contributed by atoms with van der Waals surface area (Å²) < 4.78 is 0. The maximum absolute atomic E-state index is 11.9. The van der Waals surface area contributed by atoms with Gasteiger partial charge >= 0.3 is 6.03 Å². The smallest absolute Gasteiger partial charge is 0.322 e. The van der Waals surface area contributed by atoms with Gasteiger partial charge in [-0.1, -0.05) is 0 Å². The van der Waals surface area contributed by atoms with Gasteiger partial charge in [-0.3, -0.25) is 10.1 Å². The lowest BCUT2D eigenvalue weighted by Crippen LogP contribution is -2.54. The van der Waals surface area contributed by atoms with Crippen LogP contribution in [0.25, 0.3) is 0 Å². The van der Waals surface area contributed by atoms with Crippen molar-refractivity contribution < 1.29 is 14.7 Å². The number of β-amino-alcohol motifs (C(OH)–C–C–N with tert-alkyl or cyclic N) is 1. The van der Waals surface area contributed by atoms with Gasteiger partial charge in [-0.25, -0.2) is 4.79 Å². The number of imide groups is 1. The Morgan fingerprint density at radius 3 is 2.37 bits per heavy atom. The number of piperidine rings is 1. The maximum Gasteiger partial charge on any atom is 0.322 e. The van der Waals surface area contributed by atoms with Crippen LogP contribution in [0.1, 0.15) is 33.6 Å². The lowest BCUT2D eigenvalue weighted by molar-refractivity contribution is -0.126. The zero-order valence-corrected chi connectivity index (χ0v) is 11.8. The molecule has 0 aromatic heterocycles. The molecule has 6 heteroatoms. The van der Waals surface area contributed by atoms with Gasteiger partial charge in [0.2, 0.25) is 0 Å². The summed E-state index contributed by atoms with van der Waals surface area (Å²) in [5, 5.41) is 14.9. The molecule has 2 aliphatic heterocycles. The van der Waals surface area contributed by atoms with E-state index in [1.54, 1.807) is 20.8 Å². The van der Waals surface area contributed by atoms with E-state index in [2.05, 4.69) is 15.5 Å². The van der Waals surface area contributed by atoms with Crippen LogP contribution in [0.3, 0.4) is 0 Å². The van der Waals surface area contributed by atoms with Crippen molar-refractivity contribution >= 4 is 11.9 Å². The van der Waals surface area contributed by atoms with Crippen LogP contribution < -0.4 is 10.6 Å². The first-order valence-electron chi connectivity index (χ1n) is 6.79. The lowest BCUT2D eigenvalue weighted by Gasteiger charge is -2.40. The molecule has 0 bridgehead atoms. The third-order valence-corrected chi connectivity index (χ3v) is 4.09. The van der Waals surface area contributed by atoms with Gasteiger partial charge in [0, 0.05) is 6.54 Å². The van der Waals surface area contributed by atoms with Crippen LogP contribution in [-0.4, -0.2) is 52.7 Å². The topological polar surface area (TPSA) is 81.7 Å². The largest absolute Gasteiger partial charge is 0.389 e. The summed E-state index contributed by atoms with van der Waals surface area (Å²) >= 11 is 0. The first kappa shape index (κ1) is 14.3. The van der Waals surface area contributed by atoms with Gasteiger partial charge in [-0.2, -0.15) is 0 Å². The third-order valence-electron chi connectivity index (χ3n) is 4.09. The fourth-order valence-electron chi connectivity index (χ4n) is 3.06. The second-order valence-electron chi connectivity index (χ2n) is 6.47. The quantitative estimate of drug-likeness (QED) is 0.633. The van der Waals surface area contributed by atoms with E-state index in [1.807, 2.05) is 0 Å². The Labute approximate surface area is 113 Å². The second-order valence-corrected chi connectivity index (χ2v) is 6.47. The van der Waals surface area contributed by atoms with Gasteiger partial charge in [-0.15, -0.1) is 0 Å². The molecule has 2 rings (SSSR count). The Bertz CT molecular complexity index is 383. The van der Waals surface area contributed by atoms with Crippen LogP contribution >= 0.6 is 0 Å². The Hall–Kier alpha value is -1.14. The first-order valence-corrected chi connectivity index (χ1v) is 6.79. The number of carbonyl (C=O) groups excluding carboxylic acids is 2. The summed E-state index contributed by atoms with van der Waals surface area (Å²) in [6, 6.07) is -0.397.